The number of hydrogen-bond acceptors (Lipinski definition) is 3. The maximum absolute atomic E-state index is 12.7. The van der Waals surface area contributed by atoms with Crippen LogP contribution >= 0.6 is 0 Å². The van der Waals surface area contributed by atoms with Gasteiger partial charge in [0.2, 0.25) is 5.91 Å². The molecule has 0 aliphatic carbocycles. The number of piperidine rings is 1. The van der Waals surface area contributed by atoms with Gasteiger partial charge < -0.3 is 14.7 Å². The van der Waals surface area contributed by atoms with E-state index in [2.05, 4.69) is 24.3 Å². The molecular weight excluding hydrogens is 362 g/mol. The Bertz CT molecular complexity index is 801. The first-order chi connectivity index (χ1) is 14.1. The number of methoxy groups -OCH3 is 1. The lowest BCUT2D eigenvalue weighted by molar-refractivity contribution is -0.130. The number of rotatable bonds is 8. The molecule has 0 radical (unpaired) electrons. The summed E-state index contributed by atoms with van der Waals surface area (Å²) in [7, 11) is 1.64. The second-order valence-corrected chi connectivity index (χ2v) is 7.97. The molecule has 0 spiro atoms. The number of benzene rings is 2. The van der Waals surface area contributed by atoms with Crippen LogP contribution in [0.2, 0.25) is 0 Å². The minimum atomic E-state index is -0.184. The van der Waals surface area contributed by atoms with E-state index in [1.165, 1.54) is 5.56 Å². The molecule has 1 amide bonds. The summed E-state index contributed by atoms with van der Waals surface area (Å²) in [5, 5.41) is 10.1. The van der Waals surface area contributed by atoms with Crippen molar-refractivity contribution >= 4 is 12.0 Å². The normalized spacial score (nSPS) is 19.4. The van der Waals surface area contributed by atoms with E-state index in [-0.39, 0.29) is 17.9 Å². The number of aryl methyl sites for hydroxylation is 1. The number of likely N-dealkylation sites (tertiary alicyclic amines) is 1. The Morgan fingerprint density at radius 1 is 1.17 bits per heavy atom. The van der Waals surface area contributed by atoms with Gasteiger partial charge in [-0.2, -0.15) is 0 Å². The van der Waals surface area contributed by atoms with Crippen molar-refractivity contribution in [2.45, 2.75) is 32.1 Å². The standard InChI is InChI=1S/C25H31NO3/c1-29-23-13-10-22(11-14-23)12-15-24(28)26-18-6-17-25(19-26,20-27)16-5-9-21-7-3-2-4-8-21/h2-4,7-8,10-15,27H,5-6,9,16-20H2,1H3/b15-12+/t25-/m1/s1. The SMILES string of the molecule is COc1ccc(/C=C/C(=O)N2CCC[C@](CO)(CCCc3ccccc3)C2)cc1. The van der Waals surface area contributed by atoms with Crippen molar-refractivity contribution in [3.63, 3.8) is 0 Å². The fourth-order valence-electron chi connectivity index (χ4n) is 4.11. The van der Waals surface area contributed by atoms with Crippen LogP contribution in [0.3, 0.4) is 0 Å². The molecule has 0 bridgehead atoms. The number of carbonyl (C=O) groups excluding carboxylic acids is 1. The zero-order valence-electron chi connectivity index (χ0n) is 17.2. The van der Waals surface area contributed by atoms with Gasteiger partial charge in [0.15, 0.2) is 0 Å². The molecule has 1 heterocycles. The number of nitrogens with zero attached hydrogens (tertiary/aromatic N) is 1. The van der Waals surface area contributed by atoms with Gasteiger partial charge in [0.05, 0.1) is 13.7 Å². The Balaban J connectivity index is 1.56. The summed E-state index contributed by atoms with van der Waals surface area (Å²) in [5.74, 6) is 0.814. The van der Waals surface area contributed by atoms with Gasteiger partial charge in [0.25, 0.3) is 0 Å². The molecule has 1 fully saturated rings. The number of aliphatic hydroxyl groups is 1. The lowest BCUT2D eigenvalue weighted by atomic mass is 9.76. The summed E-state index contributed by atoms with van der Waals surface area (Å²) in [6.07, 6.45) is 8.36. The smallest absolute Gasteiger partial charge is 0.246 e. The van der Waals surface area contributed by atoms with Crippen molar-refractivity contribution in [2.24, 2.45) is 5.41 Å². The Labute approximate surface area is 173 Å². The Hall–Kier alpha value is -2.59. The van der Waals surface area contributed by atoms with Gasteiger partial charge in [0, 0.05) is 24.6 Å². The van der Waals surface area contributed by atoms with Crippen molar-refractivity contribution in [1.82, 2.24) is 4.90 Å². The van der Waals surface area contributed by atoms with Crippen LogP contribution in [0, 0.1) is 5.41 Å². The predicted octanol–water partition coefficient (Wildman–Crippen LogP) is 4.33. The van der Waals surface area contributed by atoms with Crippen molar-refractivity contribution in [2.75, 3.05) is 26.8 Å². The van der Waals surface area contributed by atoms with Crippen LogP contribution in [-0.4, -0.2) is 42.7 Å². The fourth-order valence-corrected chi connectivity index (χ4v) is 4.11. The summed E-state index contributed by atoms with van der Waals surface area (Å²) >= 11 is 0. The van der Waals surface area contributed by atoms with E-state index in [9.17, 15) is 9.90 Å². The topological polar surface area (TPSA) is 49.8 Å². The van der Waals surface area contributed by atoms with Gasteiger partial charge in [-0.15, -0.1) is 0 Å². The number of carbonyl (C=O) groups is 1. The Morgan fingerprint density at radius 2 is 1.93 bits per heavy atom. The first kappa shape index (κ1) is 21.1. The number of ether oxygens (including phenoxy) is 1. The van der Waals surface area contributed by atoms with Crippen molar-refractivity contribution in [3.8, 4) is 5.75 Å². The van der Waals surface area contributed by atoms with E-state index >= 15 is 0 Å². The van der Waals surface area contributed by atoms with E-state index < -0.39 is 0 Å². The van der Waals surface area contributed by atoms with E-state index in [0.29, 0.717) is 6.54 Å². The summed E-state index contributed by atoms with van der Waals surface area (Å²) in [6.45, 7) is 1.52. The zero-order chi connectivity index (χ0) is 20.5. The number of hydrogen-bond donors (Lipinski definition) is 1. The second-order valence-electron chi connectivity index (χ2n) is 7.97. The zero-order valence-corrected chi connectivity index (χ0v) is 17.2. The average Bonchev–Trinajstić information content (AvgIpc) is 2.78. The van der Waals surface area contributed by atoms with Crippen molar-refractivity contribution < 1.29 is 14.6 Å². The summed E-state index contributed by atoms with van der Waals surface area (Å²) in [4.78, 5) is 14.6. The highest BCUT2D eigenvalue weighted by atomic mass is 16.5. The van der Waals surface area contributed by atoms with Crippen LogP contribution in [0.5, 0.6) is 5.75 Å². The van der Waals surface area contributed by atoms with E-state index in [1.54, 1.807) is 13.2 Å². The molecule has 3 rings (SSSR count). The van der Waals surface area contributed by atoms with Gasteiger partial charge in [-0.25, -0.2) is 0 Å². The Morgan fingerprint density at radius 3 is 2.62 bits per heavy atom. The summed E-state index contributed by atoms with van der Waals surface area (Å²) < 4.78 is 5.16. The molecular formula is C25H31NO3. The van der Waals surface area contributed by atoms with Crippen LogP contribution in [0.1, 0.15) is 36.8 Å². The maximum atomic E-state index is 12.7. The minimum Gasteiger partial charge on any atom is -0.497 e. The molecule has 2 aromatic rings. The predicted molar refractivity (Wildman–Crippen MR) is 117 cm³/mol. The molecule has 29 heavy (non-hydrogen) atoms. The van der Waals surface area contributed by atoms with Crippen LogP contribution in [0.25, 0.3) is 6.08 Å². The van der Waals surface area contributed by atoms with Crippen molar-refractivity contribution in [3.05, 3.63) is 71.8 Å². The quantitative estimate of drug-likeness (QED) is 0.679. The molecule has 4 heteroatoms. The van der Waals surface area contributed by atoms with Crippen molar-refractivity contribution in [1.29, 1.82) is 0 Å². The maximum Gasteiger partial charge on any atom is 0.246 e. The molecule has 4 nitrogen and oxygen atoms in total. The first-order valence-corrected chi connectivity index (χ1v) is 10.4. The monoisotopic (exact) mass is 393 g/mol. The van der Waals surface area contributed by atoms with E-state index in [0.717, 1.165) is 50.0 Å². The molecule has 2 aromatic carbocycles. The lowest BCUT2D eigenvalue weighted by Crippen LogP contribution is -2.47. The third-order valence-corrected chi connectivity index (χ3v) is 5.86. The van der Waals surface area contributed by atoms with Gasteiger partial charge >= 0.3 is 0 Å². The number of amides is 1. The molecule has 0 aromatic heterocycles. The van der Waals surface area contributed by atoms with Gasteiger partial charge in [-0.05, 0) is 61.4 Å². The third-order valence-electron chi connectivity index (χ3n) is 5.86. The van der Waals surface area contributed by atoms with E-state index in [4.69, 9.17) is 4.74 Å². The number of aliphatic hydroxyl groups excluding tert-OH is 1. The highest BCUT2D eigenvalue weighted by Gasteiger charge is 2.35. The minimum absolute atomic E-state index is 0.0152. The fraction of sp³-hybridized carbons (Fsp3) is 0.400. The van der Waals surface area contributed by atoms with Crippen LogP contribution in [-0.2, 0) is 11.2 Å². The molecule has 1 aliphatic rings. The van der Waals surface area contributed by atoms with Crippen LogP contribution in [0.15, 0.2) is 60.7 Å². The molecule has 0 saturated carbocycles. The summed E-state index contributed by atoms with van der Waals surface area (Å²) in [5.41, 5.74) is 2.11. The van der Waals surface area contributed by atoms with Crippen LogP contribution in [0.4, 0.5) is 0 Å². The van der Waals surface area contributed by atoms with Gasteiger partial charge in [0.1, 0.15) is 5.75 Å². The molecule has 154 valence electrons. The van der Waals surface area contributed by atoms with Gasteiger partial charge in [-0.3, -0.25) is 4.79 Å². The second kappa shape index (κ2) is 10.3. The van der Waals surface area contributed by atoms with Crippen LogP contribution < -0.4 is 4.74 Å². The van der Waals surface area contributed by atoms with Gasteiger partial charge in [-0.1, -0.05) is 42.5 Å². The first-order valence-electron chi connectivity index (χ1n) is 10.4. The molecule has 1 saturated heterocycles. The molecule has 1 aliphatic heterocycles. The third kappa shape index (κ3) is 5.94. The Kier molecular flexibility index (Phi) is 7.48. The van der Waals surface area contributed by atoms with E-state index in [1.807, 2.05) is 41.3 Å². The summed E-state index contributed by atoms with van der Waals surface area (Å²) in [6, 6.07) is 18.1. The lowest BCUT2D eigenvalue weighted by Gasteiger charge is -2.41. The molecule has 0 unspecified atom stereocenters. The largest absolute Gasteiger partial charge is 0.497 e. The average molecular weight is 394 g/mol. The molecule has 1 atom stereocenters. The highest BCUT2D eigenvalue weighted by molar-refractivity contribution is 5.91. The molecule has 1 N–H and O–H groups in total. The highest BCUT2D eigenvalue weighted by Crippen LogP contribution is 2.35.